The quantitative estimate of drug-likeness (QED) is 0.787. The topological polar surface area (TPSA) is 29.0 Å². The van der Waals surface area contributed by atoms with E-state index in [1.165, 1.54) is 17.7 Å². The second-order valence-electron chi connectivity index (χ2n) is 4.46. The Kier molecular flexibility index (Phi) is 3.61. The zero-order valence-electron chi connectivity index (χ0n) is 9.92. The summed E-state index contributed by atoms with van der Waals surface area (Å²) in [6, 6.07) is 4.90. The molecule has 0 bridgehead atoms. The first kappa shape index (κ1) is 12.1. The van der Waals surface area contributed by atoms with E-state index in [0.29, 0.717) is 6.04 Å². The van der Waals surface area contributed by atoms with Gasteiger partial charge in [-0.3, -0.25) is 0 Å². The third kappa shape index (κ3) is 2.72. The van der Waals surface area contributed by atoms with Crippen LogP contribution in [0.15, 0.2) is 29.9 Å². The van der Waals surface area contributed by atoms with Gasteiger partial charge in [-0.25, -0.2) is 9.97 Å². The highest BCUT2D eigenvalue weighted by molar-refractivity contribution is 9.08. The lowest BCUT2D eigenvalue weighted by molar-refractivity contribution is 0.764. The van der Waals surface area contributed by atoms with Gasteiger partial charge in [0.05, 0.1) is 6.54 Å². The van der Waals surface area contributed by atoms with Gasteiger partial charge >= 0.3 is 0 Å². The predicted molar refractivity (Wildman–Crippen MR) is 78.2 cm³/mol. The van der Waals surface area contributed by atoms with Crippen LogP contribution in [-0.4, -0.2) is 16.0 Å². The van der Waals surface area contributed by atoms with Gasteiger partial charge in [-0.15, -0.1) is 11.3 Å². The molecule has 0 unspecified atom stereocenters. The number of thiophene rings is 1. The second-order valence-corrected chi connectivity index (χ2v) is 6.06. The lowest BCUT2D eigenvalue weighted by Crippen LogP contribution is -2.26. The van der Waals surface area contributed by atoms with Crippen LogP contribution in [0.3, 0.4) is 0 Å². The first-order valence-electron chi connectivity index (χ1n) is 6.03. The normalized spacial score (nSPS) is 14.7. The third-order valence-corrected chi connectivity index (χ3v) is 4.51. The predicted octanol–water partition coefficient (Wildman–Crippen LogP) is 3.60. The van der Waals surface area contributed by atoms with E-state index in [0.717, 1.165) is 23.4 Å². The molecule has 1 saturated carbocycles. The maximum absolute atomic E-state index is 4.48. The fourth-order valence-electron chi connectivity index (χ4n) is 1.89. The molecule has 3 rings (SSSR count). The summed E-state index contributed by atoms with van der Waals surface area (Å²) in [5.74, 6) is 0.857. The Balaban J connectivity index is 1.80. The van der Waals surface area contributed by atoms with Crippen molar-refractivity contribution in [2.45, 2.75) is 30.8 Å². The first-order chi connectivity index (χ1) is 8.86. The molecule has 2 aromatic heterocycles. The third-order valence-electron chi connectivity index (χ3n) is 3.00. The van der Waals surface area contributed by atoms with Crippen LogP contribution in [0, 0.1) is 0 Å². The largest absolute Gasteiger partial charge is 0.333 e. The lowest BCUT2D eigenvalue weighted by atomic mass is 10.4. The zero-order valence-corrected chi connectivity index (χ0v) is 12.3. The van der Waals surface area contributed by atoms with Gasteiger partial charge in [-0.05, 0) is 29.9 Å². The number of halogens is 1. The highest BCUT2D eigenvalue weighted by Gasteiger charge is 2.30. The molecule has 1 aliphatic rings. The molecule has 5 heteroatoms. The van der Waals surface area contributed by atoms with Gasteiger partial charge < -0.3 is 4.90 Å². The molecule has 0 spiro atoms. The van der Waals surface area contributed by atoms with Crippen molar-refractivity contribution in [3.05, 3.63) is 40.3 Å². The van der Waals surface area contributed by atoms with Gasteiger partial charge in [0.1, 0.15) is 0 Å². The molecule has 94 valence electrons. The number of hydrogen-bond acceptors (Lipinski definition) is 4. The van der Waals surface area contributed by atoms with Crippen molar-refractivity contribution in [2.75, 3.05) is 4.90 Å². The van der Waals surface area contributed by atoms with Crippen LogP contribution in [-0.2, 0) is 11.9 Å². The average molecular weight is 324 g/mol. The van der Waals surface area contributed by atoms with Crippen LogP contribution in [0.2, 0.25) is 0 Å². The minimum absolute atomic E-state index is 0.627. The van der Waals surface area contributed by atoms with Crippen LogP contribution in [0.5, 0.6) is 0 Å². The van der Waals surface area contributed by atoms with Gasteiger partial charge in [-0.1, -0.05) is 22.0 Å². The number of alkyl halides is 1. The number of hydrogen-bond donors (Lipinski definition) is 0. The fraction of sp³-hybridized carbons (Fsp3) is 0.385. The SMILES string of the molecule is BrCc1cnc(N(Cc2cccs2)C2CC2)nc1. The fourth-order valence-corrected chi connectivity index (χ4v) is 2.88. The molecule has 2 heterocycles. The van der Waals surface area contributed by atoms with E-state index in [1.54, 1.807) is 11.3 Å². The van der Waals surface area contributed by atoms with Crippen LogP contribution in [0.1, 0.15) is 23.3 Å². The van der Waals surface area contributed by atoms with Crippen molar-refractivity contribution in [1.29, 1.82) is 0 Å². The van der Waals surface area contributed by atoms with E-state index in [4.69, 9.17) is 0 Å². The Labute approximate surface area is 119 Å². The van der Waals surface area contributed by atoms with E-state index in [9.17, 15) is 0 Å². The smallest absolute Gasteiger partial charge is 0.225 e. The van der Waals surface area contributed by atoms with Gasteiger partial charge in [-0.2, -0.15) is 0 Å². The minimum atomic E-state index is 0.627. The Morgan fingerprint density at radius 3 is 2.67 bits per heavy atom. The molecule has 1 aliphatic carbocycles. The van der Waals surface area contributed by atoms with Gasteiger partial charge in [0, 0.05) is 28.6 Å². The van der Waals surface area contributed by atoms with E-state index < -0.39 is 0 Å². The Hall–Kier alpha value is -0.940. The summed E-state index contributed by atoms with van der Waals surface area (Å²) in [6.07, 6.45) is 6.33. The summed E-state index contributed by atoms with van der Waals surface area (Å²) in [5, 5.41) is 2.93. The monoisotopic (exact) mass is 323 g/mol. The van der Waals surface area contributed by atoms with Crippen molar-refractivity contribution < 1.29 is 0 Å². The van der Waals surface area contributed by atoms with Crippen LogP contribution >= 0.6 is 27.3 Å². The molecule has 0 saturated heterocycles. The molecule has 0 aliphatic heterocycles. The van der Waals surface area contributed by atoms with Crippen LogP contribution in [0.4, 0.5) is 5.95 Å². The molecule has 1 fully saturated rings. The standard InChI is InChI=1S/C13H14BrN3S/c14-6-10-7-15-13(16-8-10)17(11-3-4-11)9-12-2-1-5-18-12/h1-2,5,7-8,11H,3-4,6,9H2. The van der Waals surface area contributed by atoms with Crippen LogP contribution in [0.25, 0.3) is 0 Å². The van der Waals surface area contributed by atoms with Crippen molar-refractivity contribution in [1.82, 2.24) is 9.97 Å². The molecule has 0 amide bonds. The molecule has 3 nitrogen and oxygen atoms in total. The van der Waals surface area contributed by atoms with Crippen molar-refractivity contribution in [3.8, 4) is 0 Å². The lowest BCUT2D eigenvalue weighted by Gasteiger charge is -2.21. The average Bonchev–Trinajstić information content (AvgIpc) is 3.13. The number of anilines is 1. The van der Waals surface area contributed by atoms with Gasteiger partial charge in [0.2, 0.25) is 5.95 Å². The van der Waals surface area contributed by atoms with Crippen LogP contribution < -0.4 is 4.90 Å². The summed E-state index contributed by atoms with van der Waals surface area (Å²) >= 11 is 5.21. The second kappa shape index (κ2) is 5.36. The summed E-state index contributed by atoms with van der Waals surface area (Å²) in [5.41, 5.74) is 1.12. The number of nitrogens with zero attached hydrogens (tertiary/aromatic N) is 3. The molecular formula is C13H14BrN3S. The Morgan fingerprint density at radius 2 is 2.11 bits per heavy atom. The molecule has 18 heavy (non-hydrogen) atoms. The minimum Gasteiger partial charge on any atom is -0.333 e. The van der Waals surface area contributed by atoms with Crippen molar-refractivity contribution in [3.63, 3.8) is 0 Å². The first-order valence-corrected chi connectivity index (χ1v) is 8.03. The number of aromatic nitrogens is 2. The van der Waals surface area contributed by atoms with Crippen molar-refractivity contribution in [2.24, 2.45) is 0 Å². The Bertz CT molecular complexity index is 493. The molecule has 0 aromatic carbocycles. The summed E-state index contributed by atoms with van der Waals surface area (Å²) < 4.78 is 0. The summed E-state index contributed by atoms with van der Waals surface area (Å²) in [4.78, 5) is 12.7. The summed E-state index contributed by atoms with van der Waals surface area (Å²) in [6.45, 7) is 0.927. The van der Waals surface area contributed by atoms with E-state index in [1.807, 2.05) is 12.4 Å². The maximum Gasteiger partial charge on any atom is 0.225 e. The summed E-state index contributed by atoms with van der Waals surface area (Å²) in [7, 11) is 0. The molecule has 0 atom stereocenters. The molecule has 2 aromatic rings. The van der Waals surface area contributed by atoms with Crippen molar-refractivity contribution >= 4 is 33.2 Å². The zero-order chi connectivity index (χ0) is 12.4. The molecule has 0 radical (unpaired) electrons. The molecule has 0 N–H and O–H groups in total. The maximum atomic E-state index is 4.48. The van der Waals surface area contributed by atoms with Gasteiger partial charge in [0.15, 0.2) is 0 Å². The highest BCUT2D eigenvalue weighted by Crippen LogP contribution is 2.31. The van der Waals surface area contributed by atoms with Gasteiger partial charge in [0.25, 0.3) is 0 Å². The highest BCUT2D eigenvalue weighted by atomic mass is 79.9. The van der Waals surface area contributed by atoms with E-state index in [-0.39, 0.29) is 0 Å². The Morgan fingerprint density at radius 1 is 1.33 bits per heavy atom. The molecular weight excluding hydrogens is 310 g/mol. The van der Waals surface area contributed by atoms with E-state index >= 15 is 0 Å². The number of rotatable bonds is 5. The van der Waals surface area contributed by atoms with E-state index in [2.05, 4.69) is 48.3 Å².